The van der Waals surface area contributed by atoms with Crippen LogP contribution in [0.25, 0.3) is 0 Å². The highest BCUT2D eigenvalue weighted by Gasteiger charge is 1.99. The molecule has 0 radical (unpaired) electrons. The Morgan fingerprint density at radius 3 is 2.61 bits per heavy atom. The summed E-state index contributed by atoms with van der Waals surface area (Å²) in [4.78, 5) is 15.3. The van der Waals surface area contributed by atoms with Crippen molar-refractivity contribution in [2.75, 3.05) is 17.7 Å². The SMILES string of the molecule is CNC(=O)Nc1ccc(NCc2nccs2)cc1. The summed E-state index contributed by atoms with van der Waals surface area (Å²) < 4.78 is 0. The fourth-order valence-electron chi connectivity index (χ4n) is 1.38. The van der Waals surface area contributed by atoms with E-state index < -0.39 is 0 Å². The molecule has 1 heterocycles. The van der Waals surface area contributed by atoms with Gasteiger partial charge in [-0.2, -0.15) is 0 Å². The number of rotatable bonds is 4. The van der Waals surface area contributed by atoms with Gasteiger partial charge < -0.3 is 16.0 Å². The molecule has 0 saturated heterocycles. The summed E-state index contributed by atoms with van der Waals surface area (Å²) in [5.41, 5.74) is 1.75. The predicted molar refractivity (Wildman–Crippen MR) is 74.0 cm³/mol. The van der Waals surface area contributed by atoms with Gasteiger partial charge in [0.15, 0.2) is 0 Å². The zero-order valence-electron chi connectivity index (χ0n) is 9.93. The maximum Gasteiger partial charge on any atom is 0.318 e. The third-order valence-electron chi connectivity index (χ3n) is 2.30. The fraction of sp³-hybridized carbons (Fsp3) is 0.167. The summed E-state index contributed by atoms with van der Waals surface area (Å²) in [6.45, 7) is 0.708. The monoisotopic (exact) mass is 262 g/mol. The van der Waals surface area contributed by atoms with Crippen LogP contribution in [0.5, 0.6) is 0 Å². The number of aromatic nitrogens is 1. The molecule has 0 bridgehead atoms. The average Bonchev–Trinajstić information content (AvgIpc) is 2.91. The first kappa shape index (κ1) is 12.4. The number of carbonyl (C=O) groups excluding carboxylic acids is 1. The summed E-state index contributed by atoms with van der Waals surface area (Å²) in [6, 6.07) is 7.30. The van der Waals surface area contributed by atoms with Crippen LogP contribution in [0, 0.1) is 0 Å². The first-order chi connectivity index (χ1) is 8.78. The van der Waals surface area contributed by atoms with Crippen LogP contribution < -0.4 is 16.0 Å². The standard InChI is InChI=1S/C12H14N4OS/c1-13-12(17)16-10-4-2-9(3-5-10)15-8-11-14-6-7-18-11/h2-7,15H,8H2,1H3,(H2,13,16,17). The second-order valence-corrected chi connectivity index (χ2v) is 4.54. The van der Waals surface area contributed by atoms with Crippen LogP contribution >= 0.6 is 11.3 Å². The van der Waals surface area contributed by atoms with Gasteiger partial charge in [0, 0.05) is 30.0 Å². The van der Waals surface area contributed by atoms with E-state index in [-0.39, 0.29) is 6.03 Å². The van der Waals surface area contributed by atoms with E-state index in [1.54, 1.807) is 24.6 Å². The van der Waals surface area contributed by atoms with Crippen molar-refractivity contribution in [3.8, 4) is 0 Å². The number of amides is 2. The fourth-order valence-corrected chi connectivity index (χ4v) is 1.94. The van der Waals surface area contributed by atoms with Crippen LogP contribution in [0.1, 0.15) is 5.01 Å². The predicted octanol–water partition coefficient (Wildman–Crippen LogP) is 2.51. The van der Waals surface area contributed by atoms with E-state index in [1.165, 1.54) is 0 Å². The molecule has 18 heavy (non-hydrogen) atoms. The van der Waals surface area contributed by atoms with Crippen molar-refractivity contribution in [1.82, 2.24) is 10.3 Å². The van der Waals surface area contributed by atoms with Gasteiger partial charge in [-0.05, 0) is 24.3 Å². The molecule has 94 valence electrons. The Labute approximate surface area is 109 Å². The number of hydrogen-bond donors (Lipinski definition) is 3. The lowest BCUT2D eigenvalue weighted by atomic mass is 10.3. The molecule has 3 N–H and O–H groups in total. The van der Waals surface area contributed by atoms with Gasteiger partial charge in [0.05, 0.1) is 6.54 Å². The lowest BCUT2D eigenvalue weighted by Gasteiger charge is -2.07. The van der Waals surface area contributed by atoms with E-state index in [2.05, 4.69) is 20.9 Å². The molecule has 1 aromatic heterocycles. The zero-order valence-corrected chi connectivity index (χ0v) is 10.8. The molecule has 0 fully saturated rings. The minimum absolute atomic E-state index is 0.224. The number of urea groups is 1. The third kappa shape index (κ3) is 3.46. The average molecular weight is 262 g/mol. The molecule has 0 aliphatic heterocycles. The van der Waals surface area contributed by atoms with Crippen molar-refractivity contribution in [1.29, 1.82) is 0 Å². The van der Waals surface area contributed by atoms with Crippen LogP contribution in [-0.4, -0.2) is 18.1 Å². The number of nitrogens with zero attached hydrogens (tertiary/aromatic N) is 1. The molecule has 0 aliphatic carbocycles. The van der Waals surface area contributed by atoms with Gasteiger partial charge in [-0.25, -0.2) is 9.78 Å². The van der Waals surface area contributed by atoms with E-state index in [0.29, 0.717) is 6.54 Å². The van der Waals surface area contributed by atoms with Crippen LogP contribution in [0.15, 0.2) is 35.8 Å². The number of anilines is 2. The van der Waals surface area contributed by atoms with Crippen LogP contribution in [-0.2, 0) is 6.54 Å². The lowest BCUT2D eigenvalue weighted by molar-refractivity contribution is 0.254. The zero-order chi connectivity index (χ0) is 12.8. The molecule has 2 amide bonds. The van der Waals surface area contributed by atoms with Gasteiger partial charge in [-0.15, -0.1) is 11.3 Å². The van der Waals surface area contributed by atoms with E-state index in [1.807, 2.05) is 29.6 Å². The number of benzene rings is 1. The van der Waals surface area contributed by atoms with Crippen LogP contribution in [0.2, 0.25) is 0 Å². The number of nitrogens with one attached hydrogen (secondary N) is 3. The largest absolute Gasteiger partial charge is 0.379 e. The highest BCUT2D eigenvalue weighted by Crippen LogP contribution is 2.15. The topological polar surface area (TPSA) is 66.1 Å². The molecule has 0 saturated carbocycles. The Balaban J connectivity index is 1.89. The Kier molecular flexibility index (Phi) is 4.14. The lowest BCUT2D eigenvalue weighted by Crippen LogP contribution is -2.24. The van der Waals surface area contributed by atoms with Gasteiger partial charge in [0.1, 0.15) is 5.01 Å². The molecule has 2 rings (SSSR count). The molecule has 6 heteroatoms. The van der Waals surface area contributed by atoms with E-state index in [4.69, 9.17) is 0 Å². The molecule has 0 aliphatic rings. The van der Waals surface area contributed by atoms with Gasteiger partial charge in [-0.3, -0.25) is 0 Å². The van der Waals surface area contributed by atoms with Crippen molar-refractivity contribution >= 4 is 28.7 Å². The summed E-state index contributed by atoms with van der Waals surface area (Å²) in [5, 5.41) is 11.5. The second-order valence-electron chi connectivity index (χ2n) is 3.56. The third-order valence-corrected chi connectivity index (χ3v) is 3.08. The van der Waals surface area contributed by atoms with Crippen molar-refractivity contribution in [3.05, 3.63) is 40.8 Å². The summed E-state index contributed by atoms with van der Waals surface area (Å²) >= 11 is 1.62. The Morgan fingerprint density at radius 2 is 2.00 bits per heavy atom. The quantitative estimate of drug-likeness (QED) is 0.793. The number of carbonyl (C=O) groups is 1. The molecular weight excluding hydrogens is 248 g/mol. The molecule has 0 atom stereocenters. The normalized spacial score (nSPS) is 9.83. The Hall–Kier alpha value is -2.08. The first-order valence-electron chi connectivity index (χ1n) is 5.49. The summed E-state index contributed by atoms with van der Waals surface area (Å²) in [7, 11) is 1.58. The van der Waals surface area contributed by atoms with Crippen LogP contribution in [0.4, 0.5) is 16.2 Å². The second kappa shape index (κ2) is 6.02. The van der Waals surface area contributed by atoms with Gasteiger partial charge >= 0.3 is 6.03 Å². The minimum atomic E-state index is -0.224. The van der Waals surface area contributed by atoms with Gasteiger partial charge in [-0.1, -0.05) is 0 Å². The van der Waals surface area contributed by atoms with Crippen LogP contribution in [0.3, 0.4) is 0 Å². The highest BCUT2D eigenvalue weighted by molar-refractivity contribution is 7.09. The van der Waals surface area contributed by atoms with Crippen molar-refractivity contribution in [3.63, 3.8) is 0 Å². The van der Waals surface area contributed by atoms with Gasteiger partial charge in [0.2, 0.25) is 0 Å². The maximum absolute atomic E-state index is 11.1. The first-order valence-corrected chi connectivity index (χ1v) is 6.37. The molecule has 0 unspecified atom stereocenters. The molecular formula is C12H14N4OS. The van der Waals surface area contributed by atoms with Gasteiger partial charge in [0.25, 0.3) is 0 Å². The van der Waals surface area contributed by atoms with E-state index >= 15 is 0 Å². The molecule has 0 spiro atoms. The van der Waals surface area contributed by atoms with E-state index in [0.717, 1.165) is 16.4 Å². The van der Waals surface area contributed by atoms with E-state index in [9.17, 15) is 4.79 Å². The smallest absolute Gasteiger partial charge is 0.318 e. The molecule has 2 aromatic rings. The number of thiazole rings is 1. The Morgan fingerprint density at radius 1 is 1.28 bits per heavy atom. The maximum atomic E-state index is 11.1. The Bertz CT molecular complexity index is 495. The number of hydrogen-bond acceptors (Lipinski definition) is 4. The molecule has 5 nitrogen and oxygen atoms in total. The van der Waals surface area contributed by atoms with Crippen molar-refractivity contribution < 1.29 is 4.79 Å². The minimum Gasteiger partial charge on any atom is -0.379 e. The highest BCUT2D eigenvalue weighted by atomic mass is 32.1. The summed E-state index contributed by atoms with van der Waals surface area (Å²) in [5.74, 6) is 0. The van der Waals surface area contributed by atoms with Crippen molar-refractivity contribution in [2.24, 2.45) is 0 Å². The van der Waals surface area contributed by atoms with Crippen molar-refractivity contribution in [2.45, 2.75) is 6.54 Å². The summed E-state index contributed by atoms with van der Waals surface area (Å²) in [6.07, 6.45) is 1.79. The molecule has 1 aromatic carbocycles.